The fourth-order valence-electron chi connectivity index (χ4n) is 1.65. The number of hydrogen-bond acceptors (Lipinski definition) is 3. The predicted molar refractivity (Wildman–Crippen MR) is 71.7 cm³/mol. The fraction of sp³-hybridized carbons (Fsp3) is 0.0714. The van der Waals surface area contributed by atoms with Crippen LogP contribution in [0.3, 0.4) is 0 Å². The van der Waals surface area contributed by atoms with Gasteiger partial charge in [-0.25, -0.2) is 8.78 Å². The van der Waals surface area contributed by atoms with E-state index in [2.05, 4.69) is 5.32 Å². The molecule has 2 aromatic rings. The van der Waals surface area contributed by atoms with E-state index in [-0.39, 0.29) is 22.7 Å². The molecule has 0 aliphatic heterocycles. The average molecular weight is 278 g/mol. The van der Waals surface area contributed by atoms with E-state index in [1.807, 2.05) is 0 Å². The fourth-order valence-corrected chi connectivity index (χ4v) is 1.65. The number of hydrogen-bond donors (Lipinski definition) is 2. The molecule has 0 spiro atoms. The predicted octanol–water partition coefficient (Wildman–Crippen LogP) is 2.81. The Bertz CT molecular complexity index is 660. The zero-order valence-electron chi connectivity index (χ0n) is 10.6. The maximum atomic E-state index is 13.5. The number of anilines is 2. The number of methoxy groups -OCH3 is 1. The maximum Gasteiger partial charge on any atom is 0.255 e. The van der Waals surface area contributed by atoms with Crippen LogP contribution in [-0.2, 0) is 0 Å². The first-order valence-corrected chi connectivity index (χ1v) is 5.71. The summed E-state index contributed by atoms with van der Waals surface area (Å²) in [6, 6.07) is 7.40. The molecule has 1 amide bonds. The Balaban J connectivity index is 2.21. The van der Waals surface area contributed by atoms with Gasteiger partial charge in [0, 0.05) is 5.56 Å². The first-order chi connectivity index (χ1) is 9.51. The van der Waals surface area contributed by atoms with E-state index in [0.29, 0.717) is 0 Å². The summed E-state index contributed by atoms with van der Waals surface area (Å²) < 4.78 is 31.2. The number of nitrogens with two attached hydrogens (primary N) is 1. The van der Waals surface area contributed by atoms with Crippen LogP contribution < -0.4 is 15.8 Å². The van der Waals surface area contributed by atoms with Crippen LogP contribution in [0.2, 0.25) is 0 Å². The smallest absolute Gasteiger partial charge is 0.255 e. The molecule has 0 aliphatic rings. The first kappa shape index (κ1) is 13.8. The molecule has 0 aromatic heterocycles. The summed E-state index contributed by atoms with van der Waals surface area (Å²) in [7, 11) is 1.33. The monoisotopic (exact) mass is 278 g/mol. The van der Waals surface area contributed by atoms with Crippen molar-refractivity contribution in [1.82, 2.24) is 0 Å². The van der Waals surface area contributed by atoms with E-state index >= 15 is 0 Å². The minimum Gasteiger partial charge on any atom is -0.494 e. The lowest BCUT2D eigenvalue weighted by molar-refractivity contribution is 0.102. The maximum absolute atomic E-state index is 13.5. The highest BCUT2D eigenvalue weighted by Crippen LogP contribution is 2.22. The highest BCUT2D eigenvalue weighted by atomic mass is 19.1. The molecule has 3 N–H and O–H groups in total. The van der Waals surface area contributed by atoms with Crippen molar-refractivity contribution in [2.75, 3.05) is 18.2 Å². The Morgan fingerprint density at radius 1 is 1.20 bits per heavy atom. The third-order valence-corrected chi connectivity index (χ3v) is 2.68. The van der Waals surface area contributed by atoms with Gasteiger partial charge in [-0.3, -0.25) is 4.79 Å². The van der Waals surface area contributed by atoms with Crippen LogP contribution in [-0.4, -0.2) is 13.0 Å². The highest BCUT2D eigenvalue weighted by Gasteiger charge is 2.11. The van der Waals surface area contributed by atoms with Gasteiger partial charge in [0.2, 0.25) is 0 Å². The second-order valence-electron chi connectivity index (χ2n) is 4.04. The molecule has 0 fully saturated rings. The van der Waals surface area contributed by atoms with Crippen molar-refractivity contribution in [1.29, 1.82) is 0 Å². The Hall–Kier alpha value is -2.63. The standard InChI is InChI=1S/C14H12F2N2O2/c1-20-13-5-2-8(6-10(13)16)14(19)18-12-4-3-9(15)7-11(12)17/h2-7H,17H2,1H3,(H,18,19). The summed E-state index contributed by atoms with van der Waals surface area (Å²) in [5, 5.41) is 2.48. The van der Waals surface area contributed by atoms with Gasteiger partial charge in [-0.15, -0.1) is 0 Å². The van der Waals surface area contributed by atoms with Crippen LogP contribution in [0.1, 0.15) is 10.4 Å². The molecule has 0 radical (unpaired) electrons. The molecule has 0 heterocycles. The average Bonchev–Trinajstić information content (AvgIpc) is 2.41. The molecule has 20 heavy (non-hydrogen) atoms. The van der Waals surface area contributed by atoms with Crippen LogP contribution in [0.4, 0.5) is 20.2 Å². The van der Waals surface area contributed by atoms with Crippen molar-refractivity contribution in [2.24, 2.45) is 0 Å². The third-order valence-electron chi connectivity index (χ3n) is 2.68. The van der Waals surface area contributed by atoms with Crippen molar-refractivity contribution in [3.8, 4) is 5.75 Å². The van der Waals surface area contributed by atoms with Gasteiger partial charge in [-0.1, -0.05) is 0 Å². The number of carbonyl (C=O) groups excluding carboxylic acids is 1. The summed E-state index contributed by atoms with van der Waals surface area (Å²) in [6.45, 7) is 0. The molecule has 0 saturated heterocycles. The minimum atomic E-state index is -0.646. The number of ether oxygens (including phenoxy) is 1. The molecule has 0 bridgehead atoms. The Morgan fingerprint density at radius 3 is 2.55 bits per heavy atom. The number of nitrogen functional groups attached to an aromatic ring is 1. The number of benzene rings is 2. The van der Waals surface area contributed by atoms with Gasteiger partial charge in [0.05, 0.1) is 18.5 Å². The van der Waals surface area contributed by atoms with Crippen LogP contribution in [0.15, 0.2) is 36.4 Å². The van der Waals surface area contributed by atoms with Gasteiger partial charge in [0.15, 0.2) is 11.6 Å². The molecule has 6 heteroatoms. The number of amides is 1. The largest absolute Gasteiger partial charge is 0.494 e. The van der Waals surface area contributed by atoms with E-state index in [0.717, 1.165) is 12.1 Å². The Morgan fingerprint density at radius 2 is 1.95 bits per heavy atom. The topological polar surface area (TPSA) is 64.3 Å². The molecule has 0 atom stereocenters. The van der Waals surface area contributed by atoms with E-state index < -0.39 is 17.5 Å². The summed E-state index contributed by atoms with van der Waals surface area (Å²) in [5.74, 6) is -1.66. The van der Waals surface area contributed by atoms with Crippen LogP contribution in [0, 0.1) is 11.6 Å². The molecule has 0 aliphatic carbocycles. The lowest BCUT2D eigenvalue weighted by atomic mass is 10.2. The molecule has 0 unspecified atom stereocenters. The second-order valence-corrected chi connectivity index (χ2v) is 4.04. The van der Waals surface area contributed by atoms with E-state index in [1.165, 1.54) is 31.4 Å². The van der Waals surface area contributed by atoms with Crippen molar-refractivity contribution in [3.63, 3.8) is 0 Å². The van der Waals surface area contributed by atoms with Gasteiger partial charge in [-0.05, 0) is 36.4 Å². The zero-order valence-corrected chi connectivity index (χ0v) is 10.6. The third kappa shape index (κ3) is 2.85. The van der Waals surface area contributed by atoms with Gasteiger partial charge >= 0.3 is 0 Å². The molecule has 104 valence electrons. The molecule has 4 nitrogen and oxygen atoms in total. The van der Waals surface area contributed by atoms with Crippen LogP contribution >= 0.6 is 0 Å². The SMILES string of the molecule is COc1ccc(C(=O)Nc2ccc(F)cc2N)cc1F. The van der Waals surface area contributed by atoms with Crippen molar-refractivity contribution in [2.45, 2.75) is 0 Å². The molecular weight excluding hydrogens is 266 g/mol. The first-order valence-electron chi connectivity index (χ1n) is 5.71. The van der Waals surface area contributed by atoms with Gasteiger partial charge in [0.1, 0.15) is 5.82 Å². The number of nitrogens with one attached hydrogen (secondary N) is 1. The number of halogens is 2. The zero-order chi connectivity index (χ0) is 14.7. The summed E-state index contributed by atoms with van der Waals surface area (Å²) in [6.07, 6.45) is 0. The number of carbonyl (C=O) groups is 1. The van der Waals surface area contributed by atoms with Gasteiger partial charge < -0.3 is 15.8 Å². The Labute approximate surface area is 114 Å². The van der Waals surface area contributed by atoms with E-state index in [4.69, 9.17) is 10.5 Å². The van der Waals surface area contributed by atoms with Crippen molar-refractivity contribution in [3.05, 3.63) is 53.6 Å². The van der Waals surface area contributed by atoms with Crippen molar-refractivity contribution >= 4 is 17.3 Å². The van der Waals surface area contributed by atoms with E-state index in [1.54, 1.807) is 0 Å². The quantitative estimate of drug-likeness (QED) is 0.848. The minimum absolute atomic E-state index is 0.0443. The number of rotatable bonds is 3. The molecule has 2 rings (SSSR count). The van der Waals surface area contributed by atoms with Crippen LogP contribution in [0.5, 0.6) is 5.75 Å². The molecule has 0 saturated carbocycles. The van der Waals surface area contributed by atoms with Crippen LogP contribution in [0.25, 0.3) is 0 Å². The van der Waals surface area contributed by atoms with Gasteiger partial charge in [0.25, 0.3) is 5.91 Å². The second kappa shape index (κ2) is 5.56. The highest BCUT2D eigenvalue weighted by molar-refractivity contribution is 6.05. The summed E-state index contributed by atoms with van der Waals surface area (Å²) in [5.41, 5.74) is 6.03. The lowest BCUT2D eigenvalue weighted by Crippen LogP contribution is -2.13. The van der Waals surface area contributed by atoms with Crippen molar-refractivity contribution < 1.29 is 18.3 Å². The Kier molecular flexibility index (Phi) is 3.84. The lowest BCUT2D eigenvalue weighted by Gasteiger charge is -2.09. The summed E-state index contributed by atoms with van der Waals surface area (Å²) >= 11 is 0. The summed E-state index contributed by atoms with van der Waals surface area (Å²) in [4.78, 5) is 11.9. The normalized spacial score (nSPS) is 10.2. The molecule has 2 aromatic carbocycles. The van der Waals surface area contributed by atoms with E-state index in [9.17, 15) is 13.6 Å². The van der Waals surface area contributed by atoms with Gasteiger partial charge in [-0.2, -0.15) is 0 Å². The molecular formula is C14H12F2N2O2.